The Morgan fingerprint density at radius 2 is 2.22 bits per heavy atom. The van der Waals surface area contributed by atoms with E-state index in [1.807, 2.05) is 0 Å². The van der Waals surface area contributed by atoms with Gasteiger partial charge in [0.2, 0.25) is 0 Å². The van der Waals surface area contributed by atoms with Crippen molar-refractivity contribution in [2.45, 2.75) is 19.4 Å². The van der Waals surface area contributed by atoms with Crippen LogP contribution in [-0.4, -0.2) is 43.1 Å². The number of nitrogens with zero attached hydrogens (tertiary/aromatic N) is 1. The van der Waals surface area contributed by atoms with Gasteiger partial charge in [0.1, 0.15) is 0 Å². The molecule has 2 amide bonds. The minimum atomic E-state index is -0.374. The van der Waals surface area contributed by atoms with Crippen LogP contribution in [0.15, 0.2) is 40.2 Å². The monoisotopic (exact) mass is 403 g/mol. The fourth-order valence-corrected chi connectivity index (χ4v) is 5.38. The van der Waals surface area contributed by atoms with Crippen molar-refractivity contribution < 1.29 is 14.3 Å². The molecule has 2 aliphatic rings. The highest BCUT2D eigenvalue weighted by atomic mass is 32.1. The van der Waals surface area contributed by atoms with E-state index < -0.39 is 0 Å². The number of esters is 1. The van der Waals surface area contributed by atoms with E-state index in [-0.39, 0.29) is 24.6 Å². The molecule has 2 aromatic rings. The topological polar surface area (TPSA) is 70.7 Å². The Morgan fingerprint density at radius 3 is 3.00 bits per heavy atom. The summed E-state index contributed by atoms with van der Waals surface area (Å²) >= 11 is 3.53. The third kappa shape index (κ3) is 3.65. The molecule has 0 aromatic carbocycles. The summed E-state index contributed by atoms with van der Waals surface area (Å²) in [7, 11) is 0. The van der Waals surface area contributed by atoms with Crippen molar-refractivity contribution in [1.82, 2.24) is 15.5 Å². The van der Waals surface area contributed by atoms with E-state index in [9.17, 15) is 9.59 Å². The number of rotatable bonds is 5. The molecule has 142 valence electrons. The van der Waals surface area contributed by atoms with Gasteiger partial charge in [-0.05, 0) is 41.8 Å². The second kappa shape index (κ2) is 7.84. The Bertz CT molecular complexity index is 873. The molecule has 2 aliphatic heterocycles. The summed E-state index contributed by atoms with van der Waals surface area (Å²) in [6, 6.07) is 6.27. The Balaban J connectivity index is 1.67. The molecule has 0 saturated heterocycles. The van der Waals surface area contributed by atoms with Crippen LogP contribution in [0.5, 0.6) is 0 Å². The van der Waals surface area contributed by atoms with E-state index in [1.54, 1.807) is 29.6 Å². The predicted molar refractivity (Wildman–Crippen MR) is 106 cm³/mol. The lowest BCUT2D eigenvalue weighted by Crippen LogP contribution is -2.48. The van der Waals surface area contributed by atoms with Crippen LogP contribution in [0.3, 0.4) is 0 Å². The van der Waals surface area contributed by atoms with E-state index in [0.29, 0.717) is 24.4 Å². The average molecular weight is 404 g/mol. The molecule has 0 radical (unpaired) electrons. The summed E-state index contributed by atoms with van der Waals surface area (Å²) in [5.41, 5.74) is 2.46. The van der Waals surface area contributed by atoms with Gasteiger partial charge in [-0.3, -0.25) is 4.90 Å². The first kappa shape index (κ1) is 18.2. The first-order valence-corrected chi connectivity index (χ1v) is 10.7. The zero-order valence-electron chi connectivity index (χ0n) is 15.0. The Labute approximate surface area is 165 Å². The summed E-state index contributed by atoms with van der Waals surface area (Å²) < 4.78 is 5.18. The summed E-state index contributed by atoms with van der Waals surface area (Å²) in [5, 5.41) is 9.73. The molecule has 4 rings (SSSR count). The molecule has 2 N–H and O–H groups in total. The van der Waals surface area contributed by atoms with E-state index in [0.717, 1.165) is 13.0 Å². The standard InChI is InChI=1S/C19H21N3O3S2/c1-2-25-18(23)13-10-20-19(24)21-14(13)11-22-7-5-15-12(6-9-27-15)17(22)16-4-3-8-26-16/h3-4,6,8-9,17H,2,5,7,10-11H2,1H3,(H2,20,21,24)/t17-/m1/s1. The lowest BCUT2D eigenvalue weighted by atomic mass is 9.97. The number of carbonyl (C=O) groups is 2. The molecule has 1 atom stereocenters. The van der Waals surface area contributed by atoms with Gasteiger partial charge in [-0.25, -0.2) is 9.59 Å². The normalized spacial score (nSPS) is 20.0. The van der Waals surface area contributed by atoms with Gasteiger partial charge in [0.15, 0.2) is 0 Å². The smallest absolute Gasteiger partial charge is 0.337 e. The fraction of sp³-hybridized carbons (Fsp3) is 0.368. The number of ether oxygens (including phenoxy) is 1. The minimum absolute atomic E-state index is 0.141. The molecular weight excluding hydrogens is 382 g/mol. The summed E-state index contributed by atoms with van der Waals surface area (Å²) in [5.74, 6) is -0.374. The number of urea groups is 1. The molecule has 0 spiro atoms. The van der Waals surface area contributed by atoms with Gasteiger partial charge in [0.05, 0.1) is 24.8 Å². The molecular formula is C19H21N3O3S2. The van der Waals surface area contributed by atoms with Crippen molar-refractivity contribution in [3.05, 3.63) is 55.5 Å². The second-order valence-electron chi connectivity index (χ2n) is 6.42. The molecule has 0 fully saturated rings. The quantitative estimate of drug-likeness (QED) is 0.753. The van der Waals surface area contributed by atoms with Gasteiger partial charge < -0.3 is 15.4 Å². The highest BCUT2D eigenvalue weighted by molar-refractivity contribution is 7.10. The van der Waals surface area contributed by atoms with E-state index in [4.69, 9.17) is 4.74 Å². The maximum absolute atomic E-state index is 12.3. The predicted octanol–water partition coefficient (Wildman–Crippen LogP) is 2.89. The van der Waals surface area contributed by atoms with Crippen LogP contribution >= 0.6 is 22.7 Å². The van der Waals surface area contributed by atoms with Gasteiger partial charge in [-0.15, -0.1) is 22.7 Å². The van der Waals surface area contributed by atoms with Gasteiger partial charge in [0, 0.05) is 28.5 Å². The van der Waals surface area contributed by atoms with Crippen LogP contribution in [0.25, 0.3) is 0 Å². The molecule has 0 unspecified atom stereocenters. The zero-order chi connectivity index (χ0) is 18.8. The zero-order valence-corrected chi connectivity index (χ0v) is 16.6. The third-order valence-electron chi connectivity index (χ3n) is 4.82. The van der Waals surface area contributed by atoms with Crippen LogP contribution in [0, 0.1) is 0 Å². The highest BCUT2D eigenvalue weighted by Gasteiger charge is 2.33. The first-order chi connectivity index (χ1) is 13.2. The maximum Gasteiger partial charge on any atom is 0.337 e. The van der Waals surface area contributed by atoms with Crippen LogP contribution in [-0.2, 0) is 16.0 Å². The lowest BCUT2D eigenvalue weighted by Gasteiger charge is -2.37. The number of hydrogen-bond donors (Lipinski definition) is 2. The molecule has 0 saturated carbocycles. The van der Waals surface area contributed by atoms with Gasteiger partial charge in [-0.2, -0.15) is 0 Å². The Hall–Kier alpha value is -2.16. The van der Waals surface area contributed by atoms with E-state index in [2.05, 4.69) is 44.5 Å². The lowest BCUT2D eigenvalue weighted by molar-refractivity contribution is -0.138. The highest BCUT2D eigenvalue weighted by Crippen LogP contribution is 2.39. The molecule has 0 aliphatic carbocycles. The third-order valence-corrected chi connectivity index (χ3v) is 6.74. The number of nitrogens with one attached hydrogen (secondary N) is 2. The number of amides is 2. The number of hydrogen-bond acceptors (Lipinski definition) is 6. The summed E-state index contributed by atoms with van der Waals surface area (Å²) in [4.78, 5) is 29.2. The molecule has 8 heteroatoms. The van der Waals surface area contributed by atoms with Crippen molar-refractivity contribution in [1.29, 1.82) is 0 Å². The van der Waals surface area contributed by atoms with Crippen molar-refractivity contribution in [2.75, 3.05) is 26.2 Å². The SMILES string of the molecule is CCOC(=O)C1=C(CN2CCc3sccc3[C@@H]2c2cccs2)NC(=O)NC1. The summed E-state index contributed by atoms with van der Waals surface area (Å²) in [6.45, 7) is 3.66. The van der Waals surface area contributed by atoms with Crippen molar-refractivity contribution in [3.8, 4) is 0 Å². The van der Waals surface area contributed by atoms with Crippen LogP contribution in [0.4, 0.5) is 4.79 Å². The van der Waals surface area contributed by atoms with Crippen molar-refractivity contribution in [3.63, 3.8) is 0 Å². The second-order valence-corrected chi connectivity index (χ2v) is 8.40. The average Bonchev–Trinajstić information content (AvgIpc) is 3.33. The fourth-order valence-electron chi connectivity index (χ4n) is 3.60. The minimum Gasteiger partial charge on any atom is -0.463 e. The maximum atomic E-state index is 12.3. The van der Waals surface area contributed by atoms with Crippen LogP contribution < -0.4 is 10.6 Å². The molecule has 27 heavy (non-hydrogen) atoms. The van der Waals surface area contributed by atoms with E-state index in [1.165, 1.54) is 15.3 Å². The van der Waals surface area contributed by atoms with Crippen molar-refractivity contribution in [2.24, 2.45) is 0 Å². The van der Waals surface area contributed by atoms with Crippen LogP contribution in [0.1, 0.15) is 28.3 Å². The number of thiophene rings is 2. The molecule has 4 heterocycles. The molecule has 0 bridgehead atoms. The largest absolute Gasteiger partial charge is 0.463 e. The first-order valence-electron chi connectivity index (χ1n) is 8.95. The Kier molecular flexibility index (Phi) is 5.29. The van der Waals surface area contributed by atoms with Gasteiger partial charge >= 0.3 is 12.0 Å². The van der Waals surface area contributed by atoms with E-state index >= 15 is 0 Å². The summed E-state index contributed by atoms with van der Waals surface area (Å²) in [6.07, 6.45) is 0.975. The van der Waals surface area contributed by atoms with Gasteiger partial charge in [0.25, 0.3) is 0 Å². The Morgan fingerprint density at radius 1 is 1.33 bits per heavy atom. The van der Waals surface area contributed by atoms with Gasteiger partial charge in [-0.1, -0.05) is 6.07 Å². The van der Waals surface area contributed by atoms with Crippen molar-refractivity contribution >= 4 is 34.7 Å². The number of fused-ring (bicyclic) bond motifs is 1. The molecule has 2 aromatic heterocycles. The van der Waals surface area contributed by atoms with Crippen LogP contribution in [0.2, 0.25) is 0 Å². The molecule has 6 nitrogen and oxygen atoms in total. The number of carbonyl (C=O) groups excluding carboxylic acids is 2.